The number of carboxylic acids is 1. The standard InChI is InChI=1S/C18H23N3O3/c1-11(2)8-16-14-9-12(5-6-15(14)19-20-16)17(22)21-7-3-4-13(10-21)18(23)24/h5-6,9,11,13H,3-4,7-8,10H2,1-2H3,(H,19,20)(H,23,24). The maximum atomic E-state index is 12.8. The second kappa shape index (κ2) is 6.63. The molecular weight excluding hydrogens is 306 g/mol. The number of likely N-dealkylation sites (tertiary alicyclic amines) is 1. The molecule has 3 rings (SSSR count). The van der Waals surface area contributed by atoms with Crippen LogP contribution in [-0.4, -0.2) is 45.2 Å². The second-order valence-corrected chi connectivity index (χ2v) is 6.96. The number of carboxylic acid groups (broad SMARTS) is 1. The Labute approximate surface area is 140 Å². The van der Waals surface area contributed by atoms with E-state index in [1.165, 1.54) is 0 Å². The Morgan fingerprint density at radius 3 is 2.92 bits per heavy atom. The van der Waals surface area contributed by atoms with Gasteiger partial charge in [-0.05, 0) is 43.4 Å². The molecule has 128 valence electrons. The van der Waals surface area contributed by atoms with Crippen LogP contribution < -0.4 is 0 Å². The number of aromatic amines is 1. The van der Waals surface area contributed by atoms with Crippen LogP contribution in [0.4, 0.5) is 0 Å². The molecule has 1 aromatic carbocycles. The van der Waals surface area contributed by atoms with Gasteiger partial charge in [-0.25, -0.2) is 0 Å². The van der Waals surface area contributed by atoms with Crippen molar-refractivity contribution in [2.45, 2.75) is 33.1 Å². The largest absolute Gasteiger partial charge is 0.481 e. The third kappa shape index (κ3) is 3.27. The van der Waals surface area contributed by atoms with Gasteiger partial charge in [0, 0.05) is 29.7 Å². The van der Waals surface area contributed by atoms with Crippen molar-refractivity contribution >= 4 is 22.8 Å². The maximum absolute atomic E-state index is 12.8. The number of aliphatic carboxylic acids is 1. The number of H-pyrrole nitrogens is 1. The van der Waals surface area contributed by atoms with Crippen LogP contribution in [0.1, 0.15) is 42.7 Å². The smallest absolute Gasteiger partial charge is 0.308 e. The third-order valence-electron chi connectivity index (χ3n) is 4.55. The molecule has 2 N–H and O–H groups in total. The van der Waals surface area contributed by atoms with Crippen LogP contribution >= 0.6 is 0 Å². The minimum Gasteiger partial charge on any atom is -0.481 e. The molecule has 0 bridgehead atoms. The molecule has 2 aromatic rings. The van der Waals surface area contributed by atoms with E-state index in [1.54, 1.807) is 11.0 Å². The fraction of sp³-hybridized carbons (Fsp3) is 0.500. The van der Waals surface area contributed by atoms with E-state index in [9.17, 15) is 14.7 Å². The molecule has 0 spiro atoms. The first kappa shape index (κ1) is 16.5. The second-order valence-electron chi connectivity index (χ2n) is 6.96. The predicted octanol–water partition coefficient (Wildman–Crippen LogP) is 2.70. The Kier molecular flexibility index (Phi) is 4.55. The minimum absolute atomic E-state index is 0.0976. The molecule has 2 heterocycles. The highest BCUT2D eigenvalue weighted by Crippen LogP contribution is 2.23. The normalized spacial score (nSPS) is 18.3. The van der Waals surface area contributed by atoms with Gasteiger partial charge in [-0.15, -0.1) is 0 Å². The lowest BCUT2D eigenvalue weighted by molar-refractivity contribution is -0.143. The Hall–Kier alpha value is -2.37. The predicted molar refractivity (Wildman–Crippen MR) is 90.9 cm³/mol. The van der Waals surface area contributed by atoms with Gasteiger partial charge in [0.25, 0.3) is 5.91 Å². The topological polar surface area (TPSA) is 86.3 Å². The van der Waals surface area contributed by atoms with E-state index in [0.717, 1.165) is 29.4 Å². The zero-order valence-corrected chi connectivity index (χ0v) is 14.1. The van der Waals surface area contributed by atoms with Gasteiger partial charge < -0.3 is 10.0 Å². The van der Waals surface area contributed by atoms with E-state index in [1.807, 2.05) is 12.1 Å². The van der Waals surface area contributed by atoms with Crippen LogP contribution in [0.25, 0.3) is 10.9 Å². The summed E-state index contributed by atoms with van der Waals surface area (Å²) in [4.78, 5) is 25.6. The number of nitrogens with one attached hydrogen (secondary N) is 1. The highest BCUT2D eigenvalue weighted by atomic mass is 16.4. The fourth-order valence-corrected chi connectivity index (χ4v) is 3.31. The van der Waals surface area contributed by atoms with Crippen molar-refractivity contribution in [3.63, 3.8) is 0 Å². The zero-order valence-electron chi connectivity index (χ0n) is 14.1. The molecule has 0 saturated carbocycles. The molecule has 24 heavy (non-hydrogen) atoms. The first-order chi connectivity index (χ1) is 11.5. The summed E-state index contributed by atoms with van der Waals surface area (Å²) in [6.45, 7) is 5.18. The van der Waals surface area contributed by atoms with Gasteiger partial charge in [0.2, 0.25) is 0 Å². The number of nitrogens with zero attached hydrogens (tertiary/aromatic N) is 2. The van der Waals surface area contributed by atoms with E-state index in [0.29, 0.717) is 24.4 Å². The Morgan fingerprint density at radius 2 is 2.21 bits per heavy atom. The molecule has 6 heteroatoms. The number of aromatic nitrogens is 2. The summed E-state index contributed by atoms with van der Waals surface area (Å²) in [5.74, 6) is -0.889. The van der Waals surface area contributed by atoms with E-state index in [2.05, 4.69) is 24.0 Å². The van der Waals surface area contributed by atoms with Crippen LogP contribution in [0.15, 0.2) is 18.2 Å². The summed E-state index contributed by atoms with van der Waals surface area (Å²) in [5.41, 5.74) is 2.49. The van der Waals surface area contributed by atoms with Crippen LogP contribution in [0.2, 0.25) is 0 Å². The molecule has 1 aliphatic heterocycles. The molecule has 1 saturated heterocycles. The number of fused-ring (bicyclic) bond motifs is 1. The molecule has 1 atom stereocenters. The molecule has 1 amide bonds. The first-order valence-electron chi connectivity index (χ1n) is 8.44. The lowest BCUT2D eigenvalue weighted by atomic mass is 9.97. The summed E-state index contributed by atoms with van der Waals surface area (Å²) in [6, 6.07) is 5.50. The molecule has 0 radical (unpaired) electrons. The molecule has 0 aliphatic carbocycles. The van der Waals surface area contributed by atoms with Gasteiger partial charge >= 0.3 is 5.97 Å². The molecule has 1 aromatic heterocycles. The van der Waals surface area contributed by atoms with Crippen LogP contribution in [0.5, 0.6) is 0 Å². The molecule has 1 unspecified atom stereocenters. The van der Waals surface area contributed by atoms with Gasteiger partial charge in [0.1, 0.15) is 0 Å². The van der Waals surface area contributed by atoms with Crippen molar-refractivity contribution in [3.8, 4) is 0 Å². The van der Waals surface area contributed by atoms with E-state index in [4.69, 9.17) is 0 Å². The van der Waals surface area contributed by atoms with Crippen LogP contribution in [-0.2, 0) is 11.2 Å². The number of amides is 1. The van der Waals surface area contributed by atoms with Crippen molar-refractivity contribution < 1.29 is 14.7 Å². The summed E-state index contributed by atoms with van der Waals surface area (Å²) in [5, 5.41) is 17.5. The first-order valence-corrected chi connectivity index (χ1v) is 8.44. The highest BCUT2D eigenvalue weighted by molar-refractivity contribution is 5.98. The zero-order chi connectivity index (χ0) is 17.3. The van der Waals surface area contributed by atoms with Crippen molar-refractivity contribution in [2.75, 3.05) is 13.1 Å². The summed E-state index contributed by atoms with van der Waals surface area (Å²) in [6.07, 6.45) is 2.24. The van der Waals surface area contributed by atoms with Gasteiger partial charge in [-0.2, -0.15) is 5.10 Å². The fourth-order valence-electron chi connectivity index (χ4n) is 3.31. The van der Waals surface area contributed by atoms with E-state index < -0.39 is 11.9 Å². The lowest BCUT2D eigenvalue weighted by Crippen LogP contribution is -2.42. The SMILES string of the molecule is CC(C)Cc1[nH]nc2ccc(C(=O)N3CCCC(C(=O)O)C3)cc12. The van der Waals surface area contributed by atoms with E-state index >= 15 is 0 Å². The monoisotopic (exact) mass is 329 g/mol. The number of piperidine rings is 1. The summed E-state index contributed by atoms with van der Waals surface area (Å²) < 4.78 is 0. The average Bonchev–Trinajstić information content (AvgIpc) is 2.96. The number of hydrogen-bond acceptors (Lipinski definition) is 3. The lowest BCUT2D eigenvalue weighted by Gasteiger charge is -2.30. The van der Waals surface area contributed by atoms with Crippen molar-refractivity contribution in [1.29, 1.82) is 0 Å². The van der Waals surface area contributed by atoms with Gasteiger partial charge in [-0.1, -0.05) is 13.8 Å². The van der Waals surface area contributed by atoms with Crippen LogP contribution in [0.3, 0.4) is 0 Å². The number of carbonyl (C=O) groups is 2. The molecule has 6 nitrogen and oxygen atoms in total. The van der Waals surface area contributed by atoms with Crippen molar-refractivity contribution in [1.82, 2.24) is 15.1 Å². The summed E-state index contributed by atoms with van der Waals surface area (Å²) >= 11 is 0. The Balaban J connectivity index is 1.85. The minimum atomic E-state index is -0.822. The van der Waals surface area contributed by atoms with Gasteiger partial charge in [0.05, 0.1) is 11.4 Å². The summed E-state index contributed by atoms with van der Waals surface area (Å²) in [7, 11) is 0. The average molecular weight is 329 g/mol. The Morgan fingerprint density at radius 1 is 1.42 bits per heavy atom. The quantitative estimate of drug-likeness (QED) is 0.903. The molecule has 1 aliphatic rings. The maximum Gasteiger partial charge on any atom is 0.308 e. The number of hydrogen-bond donors (Lipinski definition) is 2. The molecular formula is C18H23N3O3. The highest BCUT2D eigenvalue weighted by Gasteiger charge is 2.28. The van der Waals surface area contributed by atoms with E-state index in [-0.39, 0.29) is 12.5 Å². The van der Waals surface area contributed by atoms with Crippen LogP contribution in [0, 0.1) is 11.8 Å². The van der Waals surface area contributed by atoms with Gasteiger partial charge in [-0.3, -0.25) is 14.7 Å². The number of carbonyl (C=O) groups excluding carboxylic acids is 1. The number of rotatable bonds is 4. The van der Waals surface area contributed by atoms with Crippen molar-refractivity contribution in [3.05, 3.63) is 29.5 Å². The molecule has 1 fully saturated rings. The van der Waals surface area contributed by atoms with Crippen molar-refractivity contribution in [2.24, 2.45) is 11.8 Å². The number of benzene rings is 1. The Bertz CT molecular complexity index is 766. The van der Waals surface area contributed by atoms with Gasteiger partial charge in [0.15, 0.2) is 0 Å². The third-order valence-corrected chi connectivity index (χ3v) is 4.55.